The normalized spacial score (nSPS) is 20.9. The highest BCUT2D eigenvalue weighted by Gasteiger charge is 2.48. The average molecular weight is 188 g/mol. The number of aliphatic hydroxyl groups is 1. The highest BCUT2D eigenvalue weighted by molar-refractivity contribution is 4.73. The van der Waals surface area contributed by atoms with Crippen LogP contribution in [0, 0.1) is 10.1 Å². The molecule has 0 aromatic heterocycles. The molecule has 0 aliphatic heterocycles. The van der Waals surface area contributed by atoms with Crippen molar-refractivity contribution in [3.05, 3.63) is 10.1 Å². The summed E-state index contributed by atoms with van der Waals surface area (Å²) in [6.07, 6.45) is -9.13. The predicted octanol–water partition coefficient (Wildman–Crippen LogP) is 0.965. The molecule has 0 aromatic carbocycles. The van der Waals surface area contributed by atoms with Crippen molar-refractivity contribution in [3.63, 3.8) is 0 Å². The number of hydrogen-bond acceptors (Lipinski definition) is 3. The van der Waals surface area contributed by atoms with E-state index < -0.39 is 29.6 Å². The summed E-state index contributed by atoms with van der Waals surface area (Å²) in [6.45, 7) is 1.03. The quantitative estimate of drug-likeness (QED) is 0.530. The molecule has 2 atom stereocenters. The van der Waals surface area contributed by atoms with Crippen LogP contribution in [0.1, 0.15) is 14.7 Å². The number of hydrogen-bond donors (Lipinski definition) is 1. The molecular formula is C5H8F3NO3. The van der Waals surface area contributed by atoms with Crippen LogP contribution in [0.3, 0.4) is 0 Å². The first-order valence-electron chi connectivity index (χ1n) is 3.55. The summed E-state index contributed by atoms with van der Waals surface area (Å²) in [7, 11) is 0. The van der Waals surface area contributed by atoms with Crippen LogP contribution < -0.4 is 0 Å². The summed E-state index contributed by atoms with van der Waals surface area (Å²) in [5.41, 5.74) is 0. The van der Waals surface area contributed by atoms with Gasteiger partial charge >= 0.3 is 6.18 Å². The van der Waals surface area contributed by atoms with Gasteiger partial charge in [0.2, 0.25) is 12.1 Å². The Morgan fingerprint density at radius 2 is 2.17 bits per heavy atom. The van der Waals surface area contributed by atoms with Crippen molar-refractivity contribution in [2.75, 3.05) is 0 Å². The van der Waals surface area contributed by atoms with Crippen LogP contribution >= 0.6 is 0 Å². The maximum absolute atomic E-state index is 11.8. The number of nitro groups is 1. The number of halogens is 3. The summed E-state index contributed by atoms with van der Waals surface area (Å²) in [5.74, 6) is 0. The van der Waals surface area contributed by atoms with Crippen molar-refractivity contribution >= 4 is 0 Å². The maximum Gasteiger partial charge on any atom is 0.421 e. The number of nitrogens with zero attached hydrogens (tertiary/aromatic N) is 1. The SMILES string of the molecule is [2H]C(CC)(C(O)C(F)(F)F)[N+](=O)[O-]. The van der Waals surface area contributed by atoms with Crippen LogP contribution in [0.5, 0.6) is 0 Å². The molecule has 4 nitrogen and oxygen atoms in total. The Morgan fingerprint density at radius 1 is 1.75 bits per heavy atom. The van der Waals surface area contributed by atoms with E-state index in [1.54, 1.807) is 0 Å². The van der Waals surface area contributed by atoms with E-state index in [1.165, 1.54) is 0 Å². The van der Waals surface area contributed by atoms with Gasteiger partial charge in [0.15, 0.2) is 0 Å². The van der Waals surface area contributed by atoms with E-state index in [9.17, 15) is 23.3 Å². The second-order valence-electron chi connectivity index (χ2n) is 2.05. The second kappa shape index (κ2) is 3.70. The third-order valence-electron chi connectivity index (χ3n) is 1.22. The molecule has 0 heterocycles. The third kappa shape index (κ3) is 2.65. The van der Waals surface area contributed by atoms with Crippen molar-refractivity contribution in [3.8, 4) is 0 Å². The van der Waals surface area contributed by atoms with Gasteiger partial charge in [0.25, 0.3) is 0 Å². The molecule has 0 saturated carbocycles. The third-order valence-corrected chi connectivity index (χ3v) is 1.22. The summed E-state index contributed by atoms with van der Waals surface area (Å²) < 4.78 is 42.3. The lowest BCUT2D eigenvalue weighted by atomic mass is 10.1. The van der Waals surface area contributed by atoms with E-state index in [1.807, 2.05) is 0 Å². The molecule has 0 radical (unpaired) electrons. The Kier molecular flexibility index (Phi) is 2.85. The molecule has 0 bridgehead atoms. The molecule has 1 N–H and O–H groups in total. The van der Waals surface area contributed by atoms with Gasteiger partial charge in [-0.1, -0.05) is 6.92 Å². The molecule has 0 amide bonds. The zero-order valence-corrected chi connectivity index (χ0v) is 6.13. The molecule has 0 spiro atoms. The molecule has 0 aliphatic carbocycles. The van der Waals surface area contributed by atoms with Gasteiger partial charge in [0.05, 0.1) is 0 Å². The number of alkyl halides is 3. The van der Waals surface area contributed by atoms with Crippen LogP contribution in [0.2, 0.25) is 0 Å². The second-order valence-corrected chi connectivity index (χ2v) is 2.05. The Bertz CT molecular complexity index is 210. The zero-order chi connectivity index (χ0) is 10.9. The molecule has 2 unspecified atom stereocenters. The molecule has 0 rings (SSSR count). The molecule has 12 heavy (non-hydrogen) atoms. The van der Waals surface area contributed by atoms with Gasteiger partial charge in [-0.15, -0.1) is 0 Å². The van der Waals surface area contributed by atoms with Crippen LogP contribution in [0.25, 0.3) is 0 Å². The highest BCUT2D eigenvalue weighted by atomic mass is 19.4. The first-order chi connectivity index (χ1) is 5.66. The number of aliphatic hydroxyl groups excluding tert-OH is 1. The standard InChI is InChI=1S/C5H8F3NO3/c1-2-3(9(11)12)4(10)5(6,7)8/h3-4,10H,2H2,1H3/i3D. The molecule has 7 heteroatoms. The van der Waals surface area contributed by atoms with Gasteiger partial charge in [-0.25, -0.2) is 0 Å². The smallest absolute Gasteiger partial charge is 0.378 e. The molecule has 0 fully saturated rings. The lowest BCUT2D eigenvalue weighted by Gasteiger charge is -2.16. The minimum Gasteiger partial charge on any atom is -0.378 e. The Hall–Kier alpha value is -0.850. The summed E-state index contributed by atoms with van der Waals surface area (Å²) in [6, 6.07) is -3.11. The van der Waals surface area contributed by atoms with Crippen molar-refractivity contribution in [2.24, 2.45) is 0 Å². The summed E-state index contributed by atoms with van der Waals surface area (Å²) in [4.78, 5) is 8.66. The van der Waals surface area contributed by atoms with E-state index in [0.717, 1.165) is 6.92 Å². The van der Waals surface area contributed by atoms with Crippen LogP contribution in [-0.4, -0.2) is 28.3 Å². The van der Waals surface area contributed by atoms with E-state index in [2.05, 4.69) is 0 Å². The maximum atomic E-state index is 11.8. The van der Waals surface area contributed by atoms with E-state index in [0.29, 0.717) is 0 Å². The van der Waals surface area contributed by atoms with E-state index in [4.69, 9.17) is 6.48 Å². The predicted molar refractivity (Wildman–Crippen MR) is 33.1 cm³/mol. The fourth-order valence-corrected chi connectivity index (χ4v) is 0.611. The van der Waals surface area contributed by atoms with Crippen molar-refractivity contribution in [2.45, 2.75) is 31.6 Å². The van der Waals surface area contributed by atoms with E-state index in [-0.39, 0.29) is 0 Å². The molecular weight excluding hydrogens is 179 g/mol. The minimum atomic E-state index is -5.15. The van der Waals surface area contributed by atoms with Crippen LogP contribution in [-0.2, 0) is 0 Å². The highest BCUT2D eigenvalue weighted by Crippen LogP contribution is 2.24. The molecule has 72 valence electrons. The van der Waals surface area contributed by atoms with Crippen molar-refractivity contribution in [1.29, 1.82) is 0 Å². The fraction of sp³-hybridized carbons (Fsp3) is 1.00. The first-order valence-corrected chi connectivity index (χ1v) is 3.05. The van der Waals surface area contributed by atoms with Gasteiger partial charge in [0.1, 0.15) is 1.37 Å². The Labute approximate surface area is 67.5 Å². The molecule has 0 aromatic rings. The van der Waals surface area contributed by atoms with Gasteiger partial charge in [-0.2, -0.15) is 13.2 Å². The van der Waals surface area contributed by atoms with Gasteiger partial charge in [-0.05, 0) is 0 Å². The van der Waals surface area contributed by atoms with Gasteiger partial charge in [0, 0.05) is 11.3 Å². The summed E-state index contributed by atoms with van der Waals surface area (Å²) in [5, 5.41) is 18.6. The monoisotopic (exact) mass is 188 g/mol. The zero-order valence-electron chi connectivity index (χ0n) is 7.13. The lowest BCUT2D eigenvalue weighted by molar-refractivity contribution is -0.544. The minimum absolute atomic E-state index is 0.722. The van der Waals surface area contributed by atoms with Crippen LogP contribution in [0.4, 0.5) is 13.2 Å². The number of rotatable bonds is 3. The Balaban J connectivity index is 4.88. The lowest BCUT2D eigenvalue weighted by Crippen LogP contribution is -2.43. The van der Waals surface area contributed by atoms with Crippen molar-refractivity contribution in [1.82, 2.24) is 0 Å². The summed E-state index contributed by atoms with van der Waals surface area (Å²) >= 11 is 0. The average Bonchev–Trinajstić information content (AvgIpc) is 1.99. The van der Waals surface area contributed by atoms with Crippen LogP contribution in [0.15, 0.2) is 0 Å². The topological polar surface area (TPSA) is 63.4 Å². The van der Waals surface area contributed by atoms with E-state index >= 15 is 0 Å². The van der Waals surface area contributed by atoms with Crippen molar-refractivity contribution < 1.29 is 24.6 Å². The molecule has 0 saturated heterocycles. The van der Waals surface area contributed by atoms with Gasteiger partial charge < -0.3 is 5.11 Å². The largest absolute Gasteiger partial charge is 0.421 e. The fourth-order valence-electron chi connectivity index (χ4n) is 0.611. The Morgan fingerprint density at radius 3 is 2.25 bits per heavy atom. The van der Waals surface area contributed by atoms with Gasteiger partial charge in [-0.3, -0.25) is 10.1 Å². The first kappa shape index (κ1) is 9.24. The molecule has 0 aliphatic rings.